The van der Waals surface area contributed by atoms with Gasteiger partial charge in [-0.2, -0.15) is 0 Å². The maximum absolute atomic E-state index is 13.8. The second-order valence-corrected chi connectivity index (χ2v) is 6.54. The third-order valence-electron chi connectivity index (χ3n) is 4.55. The number of nitro groups is 1. The number of aryl methyl sites for hydroxylation is 1. The monoisotopic (exact) mass is 471 g/mol. The number of carbonyl (C=O) groups excluding carboxylic acids is 1. The minimum Gasteiger partial charge on any atom is -0.488 e. The lowest BCUT2D eigenvalue weighted by Crippen LogP contribution is -2.15. The number of imidazole rings is 1. The Kier molecular flexibility index (Phi) is 6.89. The predicted octanol–water partition coefficient (Wildman–Crippen LogP) is 4.23. The first-order chi connectivity index (χ1) is 15.6. The molecule has 1 aromatic heterocycles. The van der Waals surface area contributed by atoms with E-state index in [0.29, 0.717) is 5.82 Å². The summed E-state index contributed by atoms with van der Waals surface area (Å²) in [5.74, 6) is -11.8. The van der Waals surface area contributed by atoms with Gasteiger partial charge in [-0.1, -0.05) is 12.1 Å². The van der Waals surface area contributed by atoms with Crippen LogP contribution in [0.1, 0.15) is 21.7 Å². The second-order valence-electron chi connectivity index (χ2n) is 6.54. The van der Waals surface area contributed by atoms with Crippen LogP contribution >= 0.6 is 0 Å². The number of hydrogen-bond acceptors (Lipinski definition) is 6. The maximum Gasteiger partial charge on any atom is 0.342 e. The maximum atomic E-state index is 13.8. The number of esters is 1. The summed E-state index contributed by atoms with van der Waals surface area (Å²) in [4.78, 5) is 26.6. The Morgan fingerprint density at radius 1 is 1.06 bits per heavy atom. The molecular weight excluding hydrogens is 457 g/mol. The lowest BCUT2D eigenvalue weighted by Gasteiger charge is -2.13. The molecule has 0 N–H and O–H groups in total. The van der Waals surface area contributed by atoms with Crippen molar-refractivity contribution in [3.05, 3.63) is 86.6 Å². The number of halogens is 5. The average Bonchev–Trinajstić information content (AvgIpc) is 3.17. The van der Waals surface area contributed by atoms with Gasteiger partial charge >= 0.3 is 11.8 Å². The van der Waals surface area contributed by atoms with Gasteiger partial charge < -0.3 is 19.6 Å². The van der Waals surface area contributed by atoms with Gasteiger partial charge in [0.25, 0.3) is 0 Å². The number of nitrogens with zero attached hydrogens (tertiary/aromatic N) is 3. The molecule has 0 aliphatic carbocycles. The van der Waals surface area contributed by atoms with Crippen molar-refractivity contribution in [3.63, 3.8) is 0 Å². The second kappa shape index (κ2) is 9.63. The number of benzene rings is 2. The van der Waals surface area contributed by atoms with Crippen LogP contribution in [0, 0.1) is 46.1 Å². The van der Waals surface area contributed by atoms with Crippen LogP contribution in [0.5, 0.6) is 5.75 Å². The number of carbonyl (C=O) groups is 1. The number of hydrogen-bond donors (Lipinski definition) is 0. The molecule has 174 valence electrons. The van der Waals surface area contributed by atoms with Crippen molar-refractivity contribution in [2.75, 3.05) is 6.61 Å². The van der Waals surface area contributed by atoms with Gasteiger partial charge in [-0.25, -0.2) is 36.3 Å². The summed E-state index contributed by atoms with van der Waals surface area (Å²) in [6.45, 7) is 0.0954. The number of aromatic nitrogens is 2. The molecule has 0 unspecified atom stereocenters. The topological polar surface area (TPSA) is 96.5 Å². The molecule has 8 nitrogen and oxygen atoms in total. The van der Waals surface area contributed by atoms with Crippen LogP contribution in [0.4, 0.5) is 27.8 Å². The van der Waals surface area contributed by atoms with Gasteiger partial charge in [0.2, 0.25) is 5.82 Å². The molecule has 0 bridgehead atoms. The van der Waals surface area contributed by atoms with Crippen molar-refractivity contribution in [3.8, 4) is 5.75 Å². The van der Waals surface area contributed by atoms with E-state index in [1.54, 1.807) is 0 Å². The summed E-state index contributed by atoms with van der Waals surface area (Å²) in [6.07, 6.45) is 1.06. The molecule has 0 saturated heterocycles. The van der Waals surface area contributed by atoms with E-state index in [4.69, 9.17) is 9.47 Å². The lowest BCUT2D eigenvalue weighted by atomic mass is 10.1. The Morgan fingerprint density at radius 2 is 1.67 bits per heavy atom. The molecule has 2 aromatic carbocycles. The van der Waals surface area contributed by atoms with Gasteiger partial charge in [0.05, 0.1) is 5.56 Å². The first-order valence-corrected chi connectivity index (χ1v) is 9.19. The largest absolute Gasteiger partial charge is 0.488 e. The third kappa shape index (κ3) is 4.76. The fourth-order valence-corrected chi connectivity index (χ4v) is 2.87. The molecule has 3 rings (SSSR count). The van der Waals surface area contributed by atoms with Crippen LogP contribution < -0.4 is 4.74 Å². The van der Waals surface area contributed by atoms with Crippen LogP contribution in [-0.4, -0.2) is 27.1 Å². The highest BCUT2D eigenvalue weighted by molar-refractivity contribution is 5.92. The van der Waals surface area contributed by atoms with Crippen molar-refractivity contribution in [2.24, 2.45) is 0 Å². The van der Waals surface area contributed by atoms with Crippen LogP contribution in [0.3, 0.4) is 0 Å². The molecule has 33 heavy (non-hydrogen) atoms. The Bertz CT molecular complexity index is 1200. The zero-order valence-corrected chi connectivity index (χ0v) is 16.8. The van der Waals surface area contributed by atoms with Gasteiger partial charge in [-0.3, -0.25) is 0 Å². The molecule has 0 aliphatic heterocycles. The quantitative estimate of drug-likeness (QED) is 0.122. The highest BCUT2D eigenvalue weighted by atomic mass is 19.2. The normalized spacial score (nSPS) is 10.8. The summed E-state index contributed by atoms with van der Waals surface area (Å²) < 4.78 is 79.0. The van der Waals surface area contributed by atoms with Gasteiger partial charge in [0, 0.05) is 6.92 Å². The van der Waals surface area contributed by atoms with Crippen molar-refractivity contribution in [1.29, 1.82) is 0 Å². The van der Waals surface area contributed by atoms with Gasteiger partial charge in [-0.15, -0.1) is 0 Å². The fourth-order valence-electron chi connectivity index (χ4n) is 2.87. The van der Waals surface area contributed by atoms with Gasteiger partial charge in [0.15, 0.2) is 29.1 Å². The van der Waals surface area contributed by atoms with Crippen molar-refractivity contribution in [2.45, 2.75) is 20.1 Å². The minimum absolute atomic E-state index is 0.0819. The summed E-state index contributed by atoms with van der Waals surface area (Å²) in [7, 11) is 0. The summed E-state index contributed by atoms with van der Waals surface area (Å²) in [5, 5.41) is 11.0. The van der Waals surface area contributed by atoms with Gasteiger partial charge in [-0.05, 0) is 17.1 Å². The summed E-state index contributed by atoms with van der Waals surface area (Å²) >= 11 is 0. The van der Waals surface area contributed by atoms with Gasteiger partial charge in [0.1, 0.15) is 37.3 Å². The fraction of sp³-hybridized carbons (Fsp3) is 0.200. The first kappa shape index (κ1) is 23.6. The molecule has 1 heterocycles. The highest BCUT2D eigenvalue weighted by Crippen LogP contribution is 2.26. The minimum atomic E-state index is -2.30. The molecule has 0 fully saturated rings. The van der Waals surface area contributed by atoms with Crippen molar-refractivity contribution in [1.82, 2.24) is 9.55 Å². The molecule has 0 aliphatic rings. The summed E-state index contributed by atoms with van der Waals surface area (Å²) in [6, 6.07) is 5.31. The van der Waals surface area contributed by atoms with E-state index in [-0.39, 0.29) is 30.3 Å². The zero-order valence-electron chi connectivity index (χ0n) is 16.8. The molecule has 0 spiro atoms. The Morgan fingerprint density at radius 3 is 2.30 bits per heavy atom. The molecule has 3 aromatic rings. The third-order valence-corrected chi connectivity index (χ3v) is 4.55. The molecule has 13 heteroatoms. The van der Waals surface area contributed by atoms with E-state index in [9.17, 15) is 36.9 Å². The Balaban J connectivity index is 1.72. The van der Waals surface area contributed by atoms with Crippen LogP contribution in [0.15, 0.2) is 30.5 Å². The molecular formula is C20H14F5N3O5. The molecule has 0 radical (unpaired) electrons. The SMILES string of the molecule is Cc1ncc([N+](=O)[O-])n1CCOC(=O)c1ccccc1OCc1c(F)c(F)c(F)c(F)c1F. The Labute approximate surface area is 182 Å². The predicted molar refractivity (Wildman–Crippen MR) is 101 cm³/mol. The van der Waals surface area contributed by atoms with E-state index in [2.05, 4.69) is 4.98 Å². The molecule has 0 atom stereocenters. The number of rotatable bonds is 8. The van der Waals surface area contributed by atoms with E-state index >= 15 is 0 Å². The van der Waals surface area contributed by atoms with Crippen molar-refractivity contribution >= 4 is 11.8 Å². The first-order valence-electron chi connectivity index (χ1n) is 9.19. The Hall–Kier alpha value is -4.03. The van der Waals surface area contributed by atoms with E-state index < -0.39 is 52.1 Å². The highest BCUT2D eigenvalue weighted by Gasteiger charge is 2.26. The lowest BCUT2D eigenvalue weighted by molar-refractivity contribution is -0.392. The number of ether oxygens (including phenoxy) is 2. The average molecular weight is 471 g/mol. The smallest absolute Gasteiger partial charge is 0.342 e. The standard InChI is InChI=1S/C20H14F5N3O5/c1-10-26-8-14(28(30)31)27(10)6-7-32-20(29)11-4-2-3-5-13(11)33-9-12-15(21)17(23)19(25)18(24)16(12)22/h2-5,8H,6-7,9H2,1H3. The van der Waals surface area contributed by atoms with Crippen molar-refractivity contribution < 1.29 is 41.1 Å². The number of para-hydroxylation sites is 1. The zero-order chi connectivity index (χ0) is 24.3. The molecule has 0 saturated carbocycles. The van der Waals surface area contributed by atoms with E-state index in [0.717, 1.165) is 6.20 Å². The van der Waals surface area contributed by atoms with Crippen LogP contribution in [0.25, 0.3) is 0 Å². The van der Waals surface area contributed by atoms with E-state index in [1.807, 2.05) is 0 Å². The van der Waals surface area contributed by atoms with Crippen LogP contribution in [-0.2, 0) is 17.9 Å². The van der Waals surface area contributed by atoms with Crippen LogP contribution in [0.2, 0.25) is 0 Å². The summed E-state index contributed by atoms with van der Waals surface area (Å²) in [5.41, 5.74) is -1.41. The van der Waals surface area contributed by atoms with E-state index in [1.165, 1.54) is 35.8 Å². The molecule has 0 amide bonds.